The Labute approximate surface area is 190 Å². The van der Waals surface area contributed by atoms with Crippen molar-refractivity contribution < 1.29 is 9.18 Å². The highest BCUT2D eigenvalue weighted by Gasteiger charge is 2.22. The average Bonchev–Trinajstić information content (AvgIpc) is 2.84. The van der Waals surface area contributed by atoms with Gasteiger partial charge in [0.05, 0.1) is 5.69 Å². The molecule has 0 aromatic heterocycles. The number of rotatable bonds is 7. The summed E-state index contributed by atoms with van der Waals surface area (Å²) in [7, 11) is 0. The van der Waals surface area contributed by atoms with Crippen LogP contribution in [0.1, 0.15) is 12.0 Å². The van der Waals surface area contributed by atoms with Crippen LogP contribution in [0.4, 0.5) is 14.9 Å². The second-order valence-corrected chi connectivity index (χ2v) is 8.61. The molecule has 2 saturated heterocycles. The number of amides is 2. The van der Waals surface area contributed by atoms with Gasteiger partial charge in [0, 0.05) is 65.4 Å². The Morgan fingerprint density at radius 3 is 2.19 bits per heavy atom. The first kappa shape index (κ1) is 22.6. The number of piperazine rings is 2. The molecule has 1 N–H and O–H groups in total. The van der Waals surface area contributed by atoms with Gasteiger partial charge in [-0.15, -0.1) is 0 Å². The molecule has 2 aromatic rings. The first-order valence-electron chi connectivity index (χ1n) is 11.7. The second kappa shape index (κ2) is 11.3. The molecule has 172 valence electrons. The molecule has 0 unspecified atom stereocenters. The van der Waals surface area contributed by atoms with Gasteiger partial charge in [-0.1, -0.05) is 42.5 Å². The number of nitrogens with zero attached hydrogens (tertiary/aromatic N) is 4. The molecule has 2 fully saturated rings. The molecule has 2 aliphatic rings. The van der Waals surface area contributed by atoms with Crippen LogP contribution >= 0.6 is 0 Å². The molecule has 0 radical (unpaired) electrons. The van der Waals surface area contributed by atoms with Gasteiger partial charge in [0.15, 0.2) is 0 Å². The number of para-hydroxylation sites is 1. The van der Waals surface area contributed by atoms with Gasteiger partial charge < -0.3 is 20.0 Å². The van der Waals surface area contributed by atoms with Gasteiger partial charge in [-0.3, -0.25) is 4.90 Å². The summed E-state index contributed by atoms with van der Waals surface area (Å²) in [5.41, 5.74) is 2.00. The molecule has 2 aliphatic heterocycles. The van der Waals surface area contributed by atoms with Gasteiger partial charge in [-0.2, -0.15) is 0 Å². The highest BCUT2D eigenvalue weighted by molar-refractivity contribution is 5.74. The van der Waals surface area contributed by atoms with E-state index in [1.165, 1.54) is 11.6 Å². The fourth-order valence-electron chi connectivity index (χ4n) is 4.48. The van der Waals surface area contributed by atoms with Crippen molar-refractivity contribution in [1.82, 2.24) is 20.0 Å². The van der Waals surface area contributed by atoms with Gasteiger partial charge in [0.2, 0.25) is 0 Å². The summed E-state index contributed by atoms with van der Waals surface area (Å²) in [6.07, 6.45) is 0.958. The molecule has 2 aromatic carbocycles. The standard InChI is InChI=1S/C25H34FN5O/c26-23-9-4-5-10-24(23)30-17-19-31(20-18-30)25(32)27-11-6-12-28-13-15-29(16-14-28)21-22-7-2-1-3-8-22/h1-5,7-10H,6,11-21H2,(H,27,32). The number of halogens is 1. The predicted molar refractivity (Wildman–Crippen MR) is 126 cm³/mol. The Balaban J connectivity index is 1.08. The molecule has 0 bridgehead atoms. The SMILES string of the molecule is O=C(NCCCN1CCN(Cc2ccccc2)CC1)N1CCN(c2ccccc2F)CC1. The Bertz CT molecular complexity index is 848. The molecule has 0 spiro atoms. The van der Waals surface area contributed by atoms with E-state index < -0.39 is 0 Å². The van der Waals surface area contributed by atoms with Gasteiger partial charge in [-0.25, -0.2) is 9.18 Å². The van der Waals surface area contributed by atoms with Crippen LogP contribution in [0.15, 0.2) is 54.6 Å². The van der Waals surface area contributed by atoms with E-state index >= 15 is 0 Å². The van der Waals surface area contributed by atoms with Gasteiger partial charge in [-0.05, 0) is 30.7 Å². The van der Waals surface area contributed by atoms with Gasteiger partial charge in [0.1, 0.15) is 5.82 Å². The number of urea groups is 1. The lowest BCUT2D eigenvalue weighted by Gasteiger charge is -2.36. The molecular formula is C25H34FN5O. The maximum atomic E-state index is 14.0. The van der Waals surface area contributed by atoms with Crippen LogP contribution < -0.4 is 10.2 Å². The van der Waals surface area contributed by atoms with E-state index in [0.29, 0.717) is 38.4 Å². The number of hydrogen-bond donors (Lipinski definition) is 1. The van der Waals surface area contributed by atoms with Crippen molar-refractivity contribution in [2.75, 3.05) is 70.3 Å². The van der Waals surface area contributed by atoms with Crippen molar-refractivity contribution in [3.05, 3.63) is 66.0 Å². The van der Waals surface area contributed by atoms with E-state index in [0.717, 1.165) is 45.7 Å². The topological polar surface area (TPSA) is 42.1 Å². The fourth-order valence-corrected chi connectivity index (χ4v) is 4.48. The number of anilines is 1. The quantitative estimate of drug-likeness (QED) is 0.674. The molecule has 0 aliphatic carbocycles. The van der Waals surface area contributed by atoms with Crippen molar-refractivity contribution in [2.24, 2.45) is 0 Å². The lowest BCUT2D eigenvalue weighted by Crippen LogP contribution is -2.52. The normalized spacial score (nSPS) is 18.0. The zero-order valence-corrected chi connectivity index (χ0v) is 18.8. The molecule has 2 amide bonds. The Kier molecular flexibility index (Phi) is 7.96. The summed E-state index contributed by atoms with van der Waals surface area (Å²) in [4.78, 5) is 21.3. The number of benzene rings is 2. The number of carbonyl (C=O) groups is 1. The third-order valence-corrected chi connectivity index (χ3v) is 6.40. The Morgan fingerprint density at radius 2 is 1.47 bits per heavy atom. The minimum absolute atomic E-state index is 0.00846. The number of hydrogen-bond acceptors (Lipinski definition) is 4. The number of carbonyl (C=O) groups excluding carboxylic acids is 1. The van der Waals surface area contributed by atoms with E-state index in [1.807, 2.05) is 15.9 Å². The minimum Gasteiger partial charge on any atom is -0.366 e. The smallest absolute Gasteiger partial charge is 0.317 e. The van der Waals surface area contributed by atoms with Crippen molar-refractivity contribution in [3.63, 3.8) is 0 Å². The third-order valence-electron chi connectivity index (χ3n) is 6.40. The van der Waals surface area contributed by atoms with Crippen LogP contribution in [0.3, 0.4) is 0 Å². The van der Waals surface area contributed by atoms with Gasteiger partial charge >= 0.3 is 6.03 Å². The summed E-state index contributed by atoms with van der Waals surface area (Å²) in [6.45, 7) is 9.61. The second-order valence-electron chi connectivity index (χ2n) is 8.61. The third kappa shape index (κ3) is 6.20. The highest BCUT2D eigenvalue weighted by atomic mass is 19.1. The van der Waals surface area contributed by atoms with Crippen LogP contribution in [-0.2, 0) is 6.54 Å². The molecule has 0 saturated carbocycles. The summed E-state index contributed by atoms with van der Waals surface area (Å²) >= 11 is 0. The van der Waals surface area contributed by atoms with Crippen molar-refractivity contribution in [3.8, 4) is 0 Å². The summed E-state index contributed by atoms with van der Waals surface area (Å²) in [5.74, 6) is -0.202. The number of nitrogens with one attached hydrogen (secondary N) is 1. The first-order chi connectivity index (χ1) is 15.7. The summed E-state index contributed by atoms with van der Waals surface area (Å²) in [6, 6.07) is 17.5. The largest absolute Gasteiger partial charge is 0.366 e. The zero-order chi connectivity index (χ0) is 22.2. The molecule has 4 rings (SSSR count). The van der Waals surface area contributed by atoms with E-state index in [1.54, 1.807) is 12.1 Å². The molecule has 32 heavy (non-hydrogen) atoms. The molecule has 2 heterocycles. The van der Waals surface area contributed by atoms with Crippen molar-refractivity contribution in [2.45, 2.75) is 13.0 Å². The van der Waals surface area contributed by atoms with E-state index in [2.05, 4.69) is 45.4 Å². The van der Waals surface area contributed by atoms with E-state index in [9.17, 15) is 9.18 Å². The lowest BCUT2D eigenvalue weighted by molar-refractivity contribution is 0.126. The van der Waals surface area contributed by atoms with E-state index in [-0.39, 0.29) is 11.8 Å². The first-order valence-corrected chi connectivity index (χ1v) is 11.7. The maximum absolute atomic E-state index is 14.0. The van der Waals surface area contributed by atoms with Crippen molar-refractivity contribution in [1.29, 1.82) is 0 Å². The fraction of sp³-hybridized carbons (Fsp3) is 0.480. The average molecular weight is 440 g/mol. The minimum atomic E-state index is -0.202. The maximum Gasteiger partial charge on any atom is 0.317 e. The monoisotopic (exact) mass is 439 g/mol. The Hall–Kier alpha value is -2.64. The van der Waals surface area contributed by atoms with Crippen LogP contribution in [-0.4, -0.2) is 86.2 Å². The highest BCUT2D eigenvalue weighted by Crippen LogP contribution is 2.20. The van der Waals surface area contributed by atoms with Crippen LogP contribution in [0.5, 0.6) is 0 Å². The summed E-state index contributed by atoms with van der Waals surface area (Å²) in [5, 5.41) is 3.06. The van der Waals surface area contributed by atoms with Crippen LogP contribution in [0.2, 0.25) is 0 Å². The van der Waals surface area contributed by atoms with Crippen LogP contribution in [0, 0.1) is 5.82 Å². The van der Waals surface area contributed by atoms with Gasteiger partial charge in [0.25, 0.3) is 0 Å². The molecule has 7 heteroatoms. The zero-order valence-electron chi connectivity index (χ0n) is 18.8. The van der Waals surface area contributed by atoms with Crippen molar-refractivity contribution >= 4 is 11.7 Å². The Morgan fingerprint density at radius 1 is 0.812 bits per heavy atom. The van der Waals surface area contributed by atoms with E-state index in [4.69, 9.17) is 0 Å². The lowest BCUT2D eigenvalue weighted by atomic mass is 10.2. The van der Waals surface area contributed by atoms with Crippen LogP contribution in [0.25, 0.3) is 0 Å². The molecule has 6 nitrogen and oxygen atoms in total. The predicted octanol–water partition coefficient (Wildman–Crippen LogP) is 2.87. The molecular weight excluding hydrogens is 405 g/mol. The summed E-state index contributed by atoms with van der Waals surface area (Å²) < 4.78 is 14.0. The molecule has 0 atom stereocenters.